The molecule has 2 fully saturated rings. The van der Waals surface area contributed by atoms with E-state index in [2.05, 4.69) is 0 Å². The number of carbonyl (C=O) groups is 2. The standard InChI is InChI=1S/C27H30Cl2O4/c28-27(29,25(30)32-23-17-9-7-15-21(23)19-11-3-1-4-12-19)26(31)33-24-18-10-8-16-22(24)20-13-5-2-6-14-20/h1-6,11-14,21-24H,7-10,15-18H2/t21-,22-,23+,24+/m0/s1. The third-order valence-electron chi connectivity index (χ3n) is 6.89. The molecule has 0 amide bonds. The van der Waals surface area contributed by atoms with Gasteiger partial charge in [-0.3, -0.25) is 0 Å². The fourth-order valence-electron chi connectivity index (χ4n) is 5.15. The predicted octanol–water partition coefficient (Wildman–Crippen LogP) is 6.70. The molecule has 0 bridgehead atoms. The van der Waals surface area contributed by atoms with Gasteiger partial charge in [-0.1, -0.05) is 96.7 Å². The van der Waals surface area contributed by atoms with Gasteiger partial charge in [-0.25, -0.2) is 9.59 Å². The molecule has 0 unspecified atom stereocenters. The first-order valence-electron chi connectivity index (χ1n) is 11.9. The fraction of sp³-hybridized carbons (Fsp3) is 0.481. The highest BCUT2D eigenvalue weighted by molar-refractivity contribution is 6.66. The van der Waals surface area contributed by atoms with Crippen molar-refractivity contribution in [2.45, 2.75) is 79.7 Å². The number of rotatable bonds is 6. The second kappa shape index (κ2) is 10.9. The van der Waals surface area contributed by atoms with Crippen molar-refractivity contribution in [2.24, 2.45) is 0 Å². The lowest BCUT2D eigenvalue weighted by atomic mass is 9.81. The van der Waals surface area contributed by atoms with Crippen LogP contribution in [0.2, 0.25) is 0 Å². The normalized spacial score (nSPS) is 25.8. The average Bonchev–Trinajstić information content (AvgIpc) is 2.85. The van der Waals surface area contributed by atoms with E-state index in [-0.39, 0.29) is 24.0 Å². The molecule has 2 aromatic carbocycles. The van der Waals surface area contributed by atoms with Crippen LogP contribution in [0, 0.1) is 0 Å². The summed E-state index contributed by atoms with van der Waals surface area (Å²) in [5.41, 5.74) is 2.22. The van der Waals surface area contributed by atoms with Crippen LogP contribution >= 0.6 is 23.2 Å². The van der Waals surface area contributed by atoms with Gasteiger partial charge < -0.3 is 9.47 Å². The first-order chi connectivity index (χ1) is 16.0. The number of ether oxygens (including phenoxy) is 2. The Hall–Kier alpha value is -2.04. The van der Waals surface area contributed by atoms with Gasteiger partial charge in [0.25, 0.3) is 0 Å². The van der Waals surface area contributed by atoms with Crippen molar-refractivity contribution in [1.82, 2.24) is 0 Å². The molecule has 2 aromatic rings. The molecule has 2 aliphatic rings. The Morgan fingerprint density at radius 3 is 1.39 bits per heavy atom. The van der Waals surface area contributed by atoms with Crippen molar-refractivity contribution >= 4 is 35.1 Å². The summed E-state index contributed by atoms with van der Waals surface area (Å²) in [6.45, 7) is 0. The Morgan fingerprint density at radius 2 is 1.00 bits per heavy atom. The fourth-order valence-corrected chi connectivity index (χ4v) is 5.32. The van der Waals surface area contributed by atoms with Gasteiger partial charge in [-0.15, -0.1) is 0 Å². The van der Waals surface area contributed by atoms with E-state index in [9.17, 15) is 9.59 Å². The van der Waals surface area contributed by atoms with E-state index < -0.39 is 16.3 Å². The summed E-state index contributed by atoms with van der Waals surface area (Å²) in [6.07, 6.45) is 6.52. The van der Waals surface area contributed by atoms with Crippen molar-refractivity contribution in [3.8, 4) is 0 Å². The highest BCUT2D eigenvalue weighted by atomic mass is 35.5. The first kappa shape index (κ1) is 24.1. The number of alkyl halides is 2. The molecule has 0 N–H and O–H groups in total. The molecule has 4 nitrogen and oxygen atoms in total. The molecule has 4 atom stereocenters. The van der Waals surface area contributed by atoms with Gasteiger partial charge in [0.2, 0.25) is 0 Å². The minimum absolute atomic E-state index is 0.0601. The monoisotopic (exact) mass is 488 g/mol. The number of hydrogen-bond acceptors (Lipinski definition) is 4. The van der Waals surface area contributed by atoms with Crippen LogP contribution in [0.5, 0.6) is 0 Å². The third kappa shape index (κ3) is 5.73. The van der Waals surface area contributed by atoms with Crippen molar-refractivity contribution in [2.75, 3.05) is 0 Å². The molecule has 176 valence electrons. The lowest BCUT2D eigenvalue weighted by Gasteiger charge is -2.34. The average molecular weight is 489 g/mol. The molecule has 2 saturated carbocycles. The summed E-state index contributed by atoms with van der Waals surface area (Å²) < 4.78 is 9.09. The van der Waals surface area contributed by atoms with Gasteiger partial charge in [-0.2, -0.15) is 0 Å². The number of halogens is 2. The molecule has 0 saturated heterocycles. The van der Waals surface area contributed by atoms with Crippen LogP contribution in [0.1, 0.15) is 74.3 Å². The van der Waals surface area contributed by atoms with Gasteiger partial charge >= 0.3 is 16.3 Å². The van der Waals surface area contributed by atoms with E-state index in [4.69, 9.17) is 32.7 Å². The second-order valence-corrected chi connectivity index (χ2v) is 10.4. The summed E-state index contributed by atoms with van der Waals surface area (Å²) in [4.78, 5) is 25.9. The zero-order valence-electron chi connectivity index (χ0n) is 18.6. The van der Waals surface area contributed by atoms with Crippen LogP contribution in [0.4, 0.5) is 0 Å². The maximum absolute atomic E-state index is 13.0. The third-order valence-corrected chi connectivity index (χ3v) is 7.51. The summed E-state index contributed by atoms with van der Waals surface area (Å²) >= 11 is 12.6. The highest BCUT2D eigenvalue weighted by Crippen LogP contribution is 2.39. The molecule has 6 heteroatoms. The largest absolute Gasteiger partial charge is 0.459 e. The Morgan fingerprint density at radius 1 is 0.636 bits per heavy atom. The molecule has 2 aliphatic carbocycles. The van der Waals surface area contributed by atoms with Crippen molar-refractivity contribution in [3.63, 3.8) is 0 Å². The predicted molar refractivity (Wildman–Crippen MR) is 129 cm³/mol. The Bertz CT molecular complexity index is 856. The Balaban J connectivity index is 1.43. The van der Waals surface area contributed by atoms with Crippen LogP contribution in [-0.2, 0) is 19.1 Å². The highest BCUT2D eigenvalue weighted by Gasteiger charge is 2.49. The molecule has 0 aromatic heterocycles. The van der Waals surface area contributed by atoms with Crippen LogP contribution in [0.25, 0.3) is 0 Å². The van der Waals surface area contributed by atoms with Crippen molar-refractivity contribution < 1.29 is 19.1 Å². The van der Waals surface area contributed by atoms with E-state index in [1.807, 2.05) is 60.7 Å². The van der Waals surface area contributed by atoms with Crippen LogP contribution < -0.4 is 0 Å². The minimum atomic E-state index is -2.39. The zero-order valence-corrected chi connectivity index (χ0v) is 20.1. The van der Waals surface area contributed by atoms with E-state index in [0.29, 0.717) is 12.8 Å². The molecule has 0 heterocycles. The minimum Gasteiger partial charge on any atom is -0.459 e. The van der Waals surface area contributed by atoms with Crippen molar-refractivity contribution in [3.05, 3.63) is 71.8 Å². The van der Waals surface area contributed by atoms with E-state index >= 15 is 0 Å². The van der Waals surface area contributed by atoms with Crippen LogP contribution in [-0.4, -0.2) is 28.5 Å². The number of hydrogen-bond donors (Lipinski definition) is 0. The van der Waals surface area contributed by atoms with E-state index in [1.54, 1.807) is 0 Å². The molecular formula is C27H30Cl2O4. The molecule has 4 rings (SSSR count). The lowest BCUT2D eigenvalue weighted by Crippen LogP contribution is -2.44. The van der Waals surface area contributed by atoms with E-state index in [0.717, 1.165) is 49.7 Å². The van der Waals surface area contributed by atoms with Gasteiger partial charge in [0.05, 0.1) is 0 Å². The molecular weight excluding hydrogens is 459 g/mol. The zero-order chi connectivity index (χ0) is 23.3. The maximum atomic E-state index is 13.0. The summed E-state index contributed by atoms with van der Waals surface area (Å²) in [6, 6.07) is 19.9. The molecule has 33 heavy (non-hydrogen) atoms. The maximum Gasteiger partial charge on any atom is 0.354 e. The van der Waals surface area contributed by atoms with Gasteiger partial charge in [0, 0.05) is 11.8 Å². The SMILES string of the molecule is O=C(O[C@@H]1CCCC[C@H]1c1ccccc1)C(Cl)(Cl)C(=O)O[C@@H]1CCCC[C@H]1c1ccccc1. The second-order valence-electron chi connectivity index (χ2n) is 9.07. The Labute approximate surface area is 205 Å². The Kier molecular flexibility index (Phi) is 7.98. The molecule has 0 aliphatic heterocycles. The number of esters is 2. The van der Waals surface area contributed by atoms with E-state index in [1.165, 1.54) is 0 Å². The quantitative estimate of drug-likeness (QED) is 0.257. The van der Waals surface area contributed by atoms with Gasteiger partial charge in [0.15, 0.2) is 0 Å². The van der Waals surface area contributed by atoms with Gasteiger partial charge in [0.1, 0.15) is 12.2 Å². The van der Waals surface area contributed by atoms with Gasteiger partial charge in [-0.05, 0) is 49.7 Å². The molecule has 0 spiro atoms. The smallest absolute Gasteiger partial charge is 0.354 e. The number of benzene rings is 2. The van der Waals surface area contributed by atoms with Crippen LogP contribution in [0.3, 0.4) is 0 Å². The summed E-state index contributed by atoms with van der Waals surface area (Å²) in [7, 11) is 0. The van der Waals surface area contributed by atoms with Crippen molar-refractivity contribution in [1.29, 1.82) is 0 Å². The van der Waals surface area contributed by atoms with Crippen LogP contribution in [0.15, 0.2) is 60.7 Å². The number of carbonyl (C=O) groups excluding carboxylic acids is 2. The summed E-state index contributed by atoms with van der Waals surface area (Å²) in [5, 5.41) is 0. The topological polar surface area (TPSA) is 52.6 Å². The summed E-state index contributed by atoms with van der Waals surface area (Å²) in [5.74, 6) is -1.78. The lowest BCUT2D eigenvalue weighted by molar-refractivity contribution is -0.164. The molecule has 0 radical (unpaired) electrons. The first-order valence-corrected chi connectivity index (χ1v) is 12.6.